The van der Waals surface area contributed by atoms with Crippen LogP contribution in [0.5, 0.6) is 0 Å². The van der Waals surface area contributed by atoms with E-state index in [4.69, 9.17) is 16.1 Å². The summed E-state index contributed by atoms with van der Waals surface area (Å²) in [7, 11) is 0. The number of fused-ring (bicyclic) bond motifs is 3. The van der Waals surface area contributed by atoms with E-state index in [9.17, 15) is 9.90 Å². The second kappa shape index (κ2) is 4.09. The predicted octanol–water partition coefficient (Wildman–Crippen LogP) is 3.36. The Kier molecular flexibility index (Phi) is 2.45. The molecule has 0 saturated heterocycles. The topological polar surface area (TPSA) is 63.3 Å². The highest BCUT2D eigenvalue weighted by atomic mass is 35.5. The summed E-state index contributed by atoms with van der Waals surface area (Å²) in [6, 6.07) is 7.46. The first-order valence-corrected chi connectivity index (χ1v) is 7.02. The van der Waals surface area contributed by atoms with Crippen molar-refractivity contribution in [2.75, 3.05) is 0 Å². The zero-order valence-corrected chi connectivity index (χ0v) is 11.3. The van der Waals surface area contributed by atoms with Gasteiger partial charge in [0.25, 0.3) is 0 Å². The normalized spacial score (nSPS) is 26.8. The Morgan fingerprint density at radius 2 is 2.10 bits per heavy atom. The molecule has 1 heterocycles. The SMILES string of the molecule is O=C(O)C1C2CCc3c(-c4ccc(Cl)cc4)noc3C21. The standard InChI is InChI=1S/C15H12ClNO3/c16-8-3-1-7(2-4-8)13-10-6-5-9-11(12(9)15(18)19)14(10)20-17-13/h1-4,9,11-12H,5-6H2,(H,18,19). The molecule has 5 heteroatoms. The van der Waals surface area contributed by atoms with Crippen LogP contribution in [-0.2, 0) is 11.2 Å². The summed E-state index contributed by atoms with van der Waals surface area (Å²) in [5.41, 5.74) is 2.86. The fourth-order valence-electron chi connectivity index (χ4n) is 3.40. The average molecular weight is 290 g/mol. The molecule has 102 valence electrons. The number of rotatable bonds is 2. The number of benzene rings is 1. The zero-order valence-electron chi connectivity index (χ0n) is 10.5. The van der Waals surface area contributed by atoms with Gasteiger partial charge in [0.05, 0.1) is 5.92 Å². The van der Waals surface area contributed by atoms with Crippen molar-refractivity contribution in [2.45, 2.75) is 18.8 Å². The first-order chi connectivity index (χ1) is 9.66. The molecule has 20 heavy (non-hydrogen) atoms. The summed E-state index contributed by atoms with van der Waals surface area (Å²) in [6.07, 6.45) is 1.73. The fraction of sp³-hybridized carbons (Fsp3) is 0.333. The summed E-state index contributed by atoms with van der Waals surface area (Å²) in [4.78, 5) is 11.2. The molecule has 2 aliphatic rings. The van der Waals surface area contributed by atoms with Crippen molar-refractivity contribution < 1.29 is 14.4 Å². The van der Waals surface area contributed by atoms with Crippen molar-refractivity contribution >= 4 is 17.6 Å². The zero-order chi connectivity index (χ0) is 13.9. The van der Waals surface area contributed by atoms with Gasteiger partial charge in [0.15, 0.2) is 0 Å². The molecular weight excluding hydrogens is 278 g/mol. The highest BCUT2D eigenvalue weighted by molar-refractivity contribution is 6.30. The Balaban J connectivity index is 1.74. The molecule has 1 aromatic carbocycles. The van der Waals surface area contributed by atoms with E-state index in [1.54, 1.807) is 0 Å². The van der Waals surface area contributed by atoms with Gasteiger partial charge in [-0.25, -0.2) is 0 Å². The molecule has 1 aromatic heterocycles. The molecule has 3 atom stereocenters. The Labute approximate surface area is 120 Å². The maximum Gasteiger partial charge on any atom is 0.307 e. The second-order valence-corrected chi connectivity index (χ2v) is 5.91. The Morgan fingerprint density at radius 1 is 1.35 bits per heavy atom. The molecule has 2 aromatic rings. The molecule has 1 N–H and O–H groups in total. The number of hydrogen-bond donors (Lipinski definition) is 1. The number of halogens is 1. The van der Waals surface area contributed by atoms with Gasteiger partial charge >= 0.3 is 5.97 Å². The van der Waals surface area contributed by atoms with Crippen LogP contribution in [0.2, 0.25) is 5.02 Å². The van der Waals surface area contributed by atoms with E-state index >= 15 is 0 Å². The van der Waals surface area contributed by atoms with Crippen LogP contribution in [-0.4, -0.2) is 16.2 Å². The van der Waals surface area contributed by atoms with Crippen LogP contribution >= 0.6 is 11.6 Å². The van der Waals surface area contributed by atoms with E-state index in [0.717, 1.165) is 35.4 Å². The van der Waals surface area contributed by atoms with Crippen LogP contribution in [0.4, 0.5) is 0 Å². The second-order valence-electron chi connectivity index (χ2n) is 5.47. The van der Waals surface area contributed by atoms with E-state index in [1.807, 2.05) is 24.3 Å². The van der Waals surface area contributed by atoms with Gasteiger partial charge in [0.1, 0.15) is 11.5 Å². The Hall–Kier alpha value is -1.81. The molecule has 2 aliphatic carbocycles. The quantitative estimate of drug-likeness (QED) is 0.921. The lowest BCUT2D eigenvalue weighted by molar-refractivity contribution is -0.139. The molecular formula is C15H12ClNO3. The van der Waals surface area contributed by atoms with Gasteiger partial charge in [0.2, 0.25) is 0 Å². The molecule has 0 aliphatic heterocycles. The van der Waals surface area contributed by atoms with Crippen LogP contribution in [0.3, 0.4) is 0 Å². The number of carboxylic acids is 1. The van der Waals surface area contributed by atoms with E-state index in [1.165, 1.54) is 0 Å². The third kappa shape index (κ3) is 1.61. The maximum absolute atomic E-state index is 11.2. The van der Waals surface area contributed by atoms with Crippen LogP contribution in [0.1, 0.15) is 23.7 Å². The number of carboxylic acid groups (broad SMARTS) is 1. The summed E-state index contributed by atoms with van der Waals surface area (Å²) in [6.45, 7) is 0. The molecule has 1 fully saturated rings. The summed E-state index contributed by atoms with van der Waals surface area (Å²) in [5, 5.41) is 14.0. The first-order valence-electron chi connectivity index (χ1n) is 6.64. The Bertz CT molecular complexity index is 692. The molecule has 4 rings (SSSR count). The summed E-state index contributed by atoms with van der Waals surface area (Å²) >= 11 is 5.89. The maximum atomic E-state index is 11.2. The lowest BCUT2D eigenvalue weighted by Gasteiger charge is -2.08. The predicted molar refractivity (Wildman–Crippen MR) is 72.6 cm³/mol. The largest absolute Gasteiger partial charge is 0.481 e. The molecule has 3 unspecified atom stereocenters. The highest BCUT2D eigenvalue weighted by Crippen LogP contribution is 2.60. The van der Waals surface area contributed by atoms with E-state index in [2.05, 4.69) is 5.16 Å². The monoisotopic (exact) mass is 289 g/mol. The van der Waals surface area contributed by atoms with Crippen LogP contribution < -0.4 is 0 Å². The van der Waals surface area contributed by atoms with Gasteiger partial charge in [-0.15, -0.1) is 0 Å². The third-order valence-corrected chi connectivity index (χ3v) is 4.67. The van der Waals surface area contributed by atoms with Crippen molar-refractivity contribution in [3.63, 3.8) is 0 Å². The van der Waals surface area contributed by atoms with E-state index in [-0.39, 0.29) is 17.8 Å². The molecule has 0 radical (unpaired) electrons. The number of aromatic nitrogens is 1. The van der Waals surface area contributed by atoms with Gasteiger partial charge in [-0.05, 0) is 30.9 Å². The first kappa shape index (κ1) is 12.0. The number of aliphatic carboxylic acids is 1. The smallest absolute Gasteiger partial charge is 0.307 e. The number of hydrogen-bond acceptors (Lipinski definition) is 3. The van der Waals surface area contributed by atoms with Crippen molar-refractivity contribution in [3.05, 3.63) is 40.6 Å². The average Bonchev–Trinajstić information content (AvgIpc) is 3.03. The van der Waals surface area contributed by atoms with Gasteiger partial charge in [0, 0.05) is 22.1 Å². The molecule has 0 amide bonds. The van der Waals surface area contributed by atoms with Crippen LogP contribution in [0, 0.1) is 11.8 Å². The minimum Gasteiger partial charge on any atom is -0.481 e. The van der Waals surface area contributed by atoms with E-state index in [0.29, 0.717) is 5.02 Å². The van der Waals surface area contributed by atoms with Gasteiger partial charge in [-0.2, -0.15) is 0 Å². The number of nitrogens with zero attached hydrogens (tertiary/aromatic N) is 1. The summed E-state index contributed by atoms with van der Waals surface area (Å²) < 4.78 is 5.46. The third-order valence-electron chi connectivity index (χ3n) is 4.42. The lowest BCUT2D eigenvalue weighted by atomic mass is 9.94. The van der Waals surface area contributed by atoms with Gasteiger partial charge < -0.3 is 9.63 Å². The van der Waals surface area contributed by atoms with Gasteiger partial charge in [-0.3, -0.25) is 4.79 Å². The molecule has 0 spiro atoms. The highest BCUT2D eigenvalue weighted by Gasteiger charge is 2.60. The summed E-state index contributed by atoms with van der Waals surface area (Å²) in [5.74, 6) is 0.00831. The molecule has 1 saturated carbocycles. The van der Waals surface area contributed by atoms with Crippen LogP contribution in [0.15, 0.2) is 28.8 Å². The van der Waals surface area contributed by atoms with Gasteiger partial charge in [-0.1, -0.05) is 28.9 Å². The lowest BCUT2D eigenvalue weighted by Crippen LogP contribution is -1.99. The van der Waals surface area contributed by atoms with E-state index < -0.39 is 5.97 Å². The fourth-order valence-corrected chi connectivity index (χ4v) is 3.52. The van der Waals surface area contributed by atoms with Crippen molar-refractivity contribution in [2.24, 2.45) is 11.8 Å². The minimum atomic E-state index is -0.725. The van der Waals surface area contributed by atoms with Crippen molar-refractivity contribution in [1.29, 1.82) is 0 Å². The molecule has 4 nitrogen and oxygen atoms in total. The molecule has 0 bridgehead atoms. The number of carbonyl (C=O) groups is 1. The Morgan fingerprint density at radius 3 is 2.80 bits per heavy atom. The van der Waals surface area contributed by atoms with Crippen LogP contribution in [0.25, 0.3) is 11.3 Å². The van der Waals surface area contributed by atoms with Crippen molar-refractivity contribution in [3.8, 4) is 11.3 Å². The van der Waals surface area contributed by atoms with Crippen molar-refractivity contribution in [1.82, 2.24) is 5.16 Å². The minimum absolute atomic E-state index is 0.0183.